The molecule has 2 N–H and O–H groups in total. The highest BCUT2D eigenvalue weighted by Crippen LogP contribution is 2.12. The third-order valence-electron chi connectivity index (χ3n) is 2.67. The second-order valence-electron chi connectivity index (χ2n) is 4.08. The lowest BCUT2D eigenvalue weighted by Gasteiger charge is -2.22. The predicted octanol–water partition coefficient (Wildman–Crippen LogP) is 1.43. The van der Waals surface area contributed by atoms with Gasteiger partial charge in [0.15, 0.2) is 0 Å². The van der Waals surface area contributed by atoms with Crippen LogP contribution in [0.5, 0.6) is 0 Å². The van der Waals surface area contributed by atoms with Crippen LogP contribution >= 0.6 is 0 Å². The van der Waals surface area contributed by atoms with E-state index in [1.165, 1.54) is 0 Å². The van der Waals surface area contributed by atoms with Crippen molar-refractivity contribution >= 4 is 5.91 Å². The van der Waals surface area contributed by atoms with Crippen LogP contribution in [0.4, 0.5) is 0 Å². The fraction of sp³-hybridized carbons (Fsp3) is 0.615. The minimum Gasteiger partial charge on any atom is -0.373 e. The van der Waals surface area contributed by atoms with E-state index < -0.39 is 6.04 Å². The largest absolute Gasteiger partial charge is 0.373 e. The molecule has 1 unspecified atom stereocenters. The Balaban J connectivity index is 2.77. The molecule has 1 heterocycles. The molecule has 0 bridgehead atoms. The van der Waals surface area contributed by atoms with Crippen molar-refractivity contribution in [3.63, 3.8) is 0 Å². The number of carbonyl (C=O) groups is 1. The van der Waals surface area contributed by atoms with E-state index in [0.717, 1.165) is 18.5 Å². The van der Waals surface area contributed by atoms with Gasteiger partial charge >= 0.3 is 0 Å². The highest BCUT2D eigenvalue weighted by atomic mass is 16.5. The Morgan fingerprint density at radius 3 is 2.94 bits per heavy atom. The molecule has 1 fully saturated rings. The van der Waals surface area contributed by atoms with Crippen LogP contribution < -0.4 is 5.73 Å². The molecule has 0 aromatic rings. The lowest BCUT2D eigenvalue weighted by atomic mass is 10.2. The van der Waals surface area contributed by atoms with Crippen molar-refractivity contribution in [1.82, 2.24) is 4.90 Å². The van der Waals surface area contributed by atoms with E-state index in [-0.39, 0.29) is 5.91 Å². The first-order valence-electron chi connectivity index (χ1n) is 6.21. The van der Waals surface area contributed by atoms with Gasteiger partial charge < -0.3 is 15.4 Å². The number of likely N-dealkylation sites (N-methyl/N-ethyl adjacent to an activating group) is 1. The minimum absolute atomic E-state index is 0.0554. The summed E-state index contributed by atoms with van der Waals surface area (Å²) in [5.41, 5.74) is 6.61. The maximum atomic E-state index is 11.9. The van der Waals surface area contributed by atoms with Crippen molar-refractivity contribution in [2.24, 2.45) is 5.73 Å². The highest BCUT2D eigenvalue weighted by Gasteiger charge is 2.26. The van der Waals surface area contributed by atoms with Gasteiger partial charge in [-0.1, -0.05) is 25.5 Å². The summed E-state index contributed by atoms with van der Waals surface area (Å²) in [7, 11) is 0. The Bertz CT molecular complexity index is 311. The van der Waals surface area contributed by atoms with Gasteiger partial charge in [0.25, 0.3) is 0 Å². The molecule has 0 spiro atoms. The molecular formula is C13H22N2O2. The minimum atomic E-state index is -0.541. The van der Waals surface area contributed by atoms with Gasteiger partial charge in [0.2, 0.25) is 5.91 Å². The van der Waals surface area contributed by atoms with Gasteiger partial charge in [-0.2, -0.15) is 0 Å². The molecule has 1 atom stereocenters. The van der Waals surface area contributed by atoms with Crippen molar-refractivity contribution in [2.45, 2.75) is 32.7 Å². The van der Waals surface area contributed by atoms with E-state index in [1.807, 2.05) is 19.1 Å². The molecule has 0 aromatic heterocycles. The number of carbonyl (C=O) groups excluding carboxylic acids is 1. The number of allylic oxidation sites excluding steroid dienone is 3. The van der Waals surface area contributed by atoms with Gasteiger partial charge in [-0.15, -0.1) is 0 Å². The van der Waals surface area contributed by atoms with E-state index in [2.05, 4.69) is 13.0 Å². The summed E-state index contributed by atoms with van der Waals surface area (Å²) in [5.74, 6) is -0.0554. The molecular weight excluding hydrogens is 216 g/mol. The number of nitrogens with zero attached hydrogens (tertiary/aromatic N) is 1. The van der Waals surface area contributed by atoms with Gasteiger partial charge in [-0.05, 0) is 19.4 Å². The molecule has 1 rings (SSSR count). The molecule has 0 aliphatic carbocycles. The zero-order chi connectivity index (χ0) is 12.7. The smallest absolute Gasteiger partial charge is 0.246 e. The number of hydrogen-bond acceptors (Lipinski definition) is 3. The fourth-order valence-electron chi connectivity index (χ4n) is 1.72. The molecule has 1 aliphatic rings. The van der Waals surface area contributed by atoms with E-state index in [0.29, 0.717) is 19.8 Å². The summed E-state index contributed by atoms with van der Waals surface area (Å²) in [6, 6.07) is -0.541. The number of rotatable bonds is 4. The summed E-state index contributed by atoms with van der Waals surface area (Å²) < 4.78 is 5.39. The van der Waals surface area contributed by atoms with Gasteiger partial charge in [0.1, 0.15) is 6.04 Å². The van der Waals surface area contributed by atoms with Gasteiger partial charge in [0.05, 0.1) is 13.2 Å². The average Bonchev–Trinajstić information content (AvgIpc) is 2.46. The normalized spacial score (nSPS) is 24.6. The molecule has 4 heteroatoms. The van der Waals surface area contributed by atoms with Crippen LogP contribution in [0.25, 0.3) is 0 Å². The topological polar surface area (TPSA) is 55.6 Å². The number of nitrogens with two attached hydrogens (primary N) is 1. The maximum absolute atomic E-state index is 11.9. The van der Waals surface area contributed by atoms with E-state index in [1.54, 1.807) is 4.90 Å². The summed E-state index contributed by atoms with van der Waals surface area (Å²) in [4.78, 5) is 13.6. The number of ether oxygens (including phenoxy) is 1. The van der Waals surface area contributed by atoms with E-state index in [9.17, 15) is 4.79 Å². The average molecular weight is 238 g/mol. The molecule has 4 nitrogen and oxygen atoms in total. The zero-order valence-corrected chi connectivity index (χ0v) is 10.7. The maximum Gasteiger partial charge on any atom is 0.246 e. The third-order valence-corrected chi connectivity index (χ3v) is 2.67. The summed E-state index contributed by atoms with van der Waals surface area (Å²) in [5, 5.41) is 0. The zero-order valence-electron chi connectivity index (χ0n) is 10.7. The summed E-state index contributed by atoms with van der Waals surface area (Å²) in [6.45, 7) is 5.45. The van der Waals surface area contributed by atoms with Crippen LogP contribution in [0, 0.1) is 0 Å². The van der Waals surface area contributed by atoms with Crippen molar-refractivity contribution in [1.29, 1.82) is 0 Å². The first-order valence-corrected chi connectivity index (χ1v) is 6.21. The molecule has 1 aliphatic heterocycles. The fourth-order valence-corrected chi connectivity index (χ4v) is 1.72. The van der Waals surface area contributed by atoms with Crippen molar-refractivity contribution in [2.75, 3.05) is 19.8 Å². The number of amides is 1. The second kappa shape index (κ2) is 7.25. The van der Waals surface area contributed by atoms with E-state index >= 15 is 0 Å². The first kappa shape index (κ1) is 13.9. The standard InChI is InChI=1S/C13H22N2O2/c1-3-5-6-7-8-11-9-17-10-12(14)13(16)15(11)4-2/h6-8,12H,3-5,9-10,14H2,1-2H3/b7-6-,11-8+. The predicted molar refractivity (Wildman–Crippen MR) is 68.3 cm³/mol. The molecule has 0 saturated carbocycles. The molecule has 1 amide bonds. The SMILES string of the molecule is CCC/C=C\C=C1/COCC(N)C(=O)N1CC. The third kappa shape index (κ3) is 3.98. The Morgan fingerprint density at radius 2 is 2.29 bits per heavy atom. The van der Waals surface area contributed by atoms with E-state index in [4.69, 9.17) is 10.5 Å². The molecule has 96 valence electrons. The van der Waals surface area contributed by atoms with Crippen molar-refractivity contribution < 1.29 is 9.53 Å². The summed E-state index contributed by atoms with van der Waals surface area (Å²) >= 11 is 0. The Labute approximate surface area is 103 Å². The van der Waals surface area contributed by atoms with Gasteiger partial charge in [-0.3, -0.25) is 4.79 Å². The molecule has 0 aromatic carbocycles. The van der Waals surface area contributed by atoms with Crippen molar-refractivity contribution in [3.05, 3.63) is 23.9 Å². The Hall–Kier alpha value is -1.13. The Kier molecular flexibility index (Phi) is 5.94. The lowest BCUT2D eigenvalue weighted by Crippen LogP contribution is -2.43. The van der Waals surface area contributed by atoms with Crippen LogP contribution in [0.15, 0.2) is 23.9 Å². The molecule has 1 saturated heterocycles. The molecule has 0 radical (unpaired) electrons. The van der Waals surface area contributed by atoms with Gasteiger partial charge in [0, 0.05) is 12.2 Å². The lowest BCUT2D eigenvalue weighted by molar-refractivity contribution is -0.130. The van der Waals surface area contributed by atoms with Crippen LogP contribution in [0.2, 0.25) is 0 Å². The quantitative estimate of drug-likeness (QED) is 0.806. The van der Waals surface area contributed by atoms with Crippen molar-refractivity contribution in [3.8, 4) is 0 Å². The van der Waals surface area contributed by atoms with Crippen LogP contribution in [-0.4, -0.2) is 36.6 Å². The van der Waals surface area contributed by atoms with Crippen LogP contribution in [-0.2, 0) is 9.53 Å². The highest BCUT2D eigenvalue weighted by molar-refractivity contribution is 5.83. The number of hydrogen-bond donors (Lipinski definition) is 1. The van der Waals surface area contributed by atoms with Gasteiger partial charge in [-0.25, -0.2) is 0 Å². The monoisotopic (exact) mass is 238 g/mol. The van der Waals surface area contributed by atoms with Crippen LogP contribution in [0.3, 0.4) is 0 Å². The molecule has 17 heavy (non-hydrogen) atoms. The Morgan fingerprint density at radius 1 is 1.53 bits per heavy atom. The summed E-state index contributed by atoms with van der Waals surface area (Å²) in [6.07, 6.45) is 8.18. The second-order valence-corrected chi connectivity index (χ2v) is 4.08. The first-order chi connectivity index (χ1) is 8.20. The van der Waals surface area contributed by atoms with Crippen LogP contribution in [0.1, 0.15) is 26.7 Å². The number of unbranched alkanes of at least 4 members (excludes halogenated alkanes) is 1.